The van der Waals surface area contributed by atoms with Crippen molar-refractivity contribution in [3.63, 3.8) is 0 Å². The Morgan fingerprint density at radius 1 is 1.11 bits per heavy atom. The number of carbonyl (C=O) groups is 1. The minimum atomic E-state index is -0.287. The van der Waals surface area contributed by atoms with Crippen LogP contribution in [0.1, 0.15) is 64.4 Å². The Hall–Kier alpha value is -3.82. The van der Waals surface area contributed by atoms with E-state index in [1.165, 1.54) is 0 Å². The van der Waals surface area contributed by atoms with Gasteiger partial charge in [0.15, 0.2) is 11.5 Å². The van der Waals surface area contributed by atoms with Crippen LogP contribution in [0.5, 0.6) is 0 Å². The third-order valence-corrected chi connectivity index (χ3v) is 7.27. The van der Waals surface area contributed by atoms with Gasteiger partial charge >= 0.3 is 0 Å². The minimum Gasteiger partial charge on any atom is -0.361 e. The van der Waals surface area contributed by atoms with Crippen LogP contribution in [-0.2, 0) is 12.0 Å². The Bertz CT molecular complexity index is 1360. The topological polar surface area (TPSA) is 116 Å². The van der Waals surface area contributed by atoms with Crippen LogP contribution in [0.2, 0.25) is 0 Å². The van der Waals surface area contributed by atoms with Gasteiger partial charge in [0.2, 0.25) is 0 Å². The SMILES string of the molecule is Cc1nn(Cc2c(C(=O)N3CCC(C)(c4noc(-c5cccnc5)n4)CC3)noc2C)c(C)c1C. The molecule has 5 heterocycles. The number of nitrogens with zero attached hydrogens (tertiary/aromatic N) is 7. The number of aromatic nitrogens is 6. The van der Waals surface area contributed by atoms with Crippen LogP contribution in [0, 0.1) is 27.7 Å². The molecule has 0 aliphatic carbocycles. The molecule has 1 saturated heterocycles. The highest BCUT2D eigenvalue weighted by Gasteiger charge is 2.38. The van der Waals surface area contributed by atoms with Crippen LogP contribution in [0.25, 0.3) is 11.5 Å². The number of rotatable bonds is 5. The van der Waals surface area contributed by atoms with Crippen molar-refractivity contribution in [3.8, 4) is 11.5 Å². The quantitative estimate of drug-likeness (QED) is 0.428. The van der Waals surface area contributed by atoms with Crippen LogP contribution in [0.3, 0.4) is 0 Å². The summed E-state index contributed by atoms with van der Waals surface area (Å²) < 4.78 is 12.8. The molecule has 1 aliphatic rings. The second-order valence-corrected chi connectivity index (χ2v) is 9.54. The zero-order chi connectivity index (χ0) is 24.7. The summed E-state index contributed by atoms with van der Waals surface area (Å²) in [6, 6.07) is 3.72. The van der Waals surface area contributed by atoms with Gasteiger partial charge < -0.3 is 13.9 Å². The summed E-state index contributed by atoms with van der Waals surface area (Å²) in [6.07, 6.45) is 4.84. The predicted molar refractivity (Wildman–Crippen MR) is 127 cm³/mol. The molecule has 0 unspecified atom stereocenters. The summed E-state index contributed by atoms with van der Waals surface area (Å²) in [5, 5.41) is 13.0. The first-order valence-corrected chi connectivity index (χ1v) is 11.8. The molecule has 35 heavy (non-hydrogen) atoms. The number of aryl methyl sites for hydroxylation is 2. The highest BCUT2D eigenvalue weighted by atomic mass is 16.5. The van der Waals surface area contributed by atoms with E-state index in [4.69, 9.17) is 9.05 Å². The average Bonchev–Trinajstić information content (AvgIpc) is 3.56. The Labute approximate surface area is 203 Å². The van der Waals surface area contributed by atoms with Crippen molar-refractivity contribution in [2.24, 2.45) is 0 Å². The lowest BCUT2D eigenvalue weighted by Gasteiger charge is -2.37. The molecule has 0 atom stereocenters. The van der Waals surface area contributed by atoms with Crippen LogP contribution in [0.15, 0.2) is 33.6 Å². The number of carbonyl (C=O) groups excluding carboxylic acids is 1. The van der Waals surface area contributed by atoms with Crippen LogP contribution < -0.4 is 0 Å². The standard InChI is InChI=1S/C25H29N7O3/c1-15-16(2)28-32(17(15)3)14-20-18(4)34-29-21(20)23(33)31-11-8-25(5,9-12-31)24-27-22(35-30-24)19-7-6-10-26-13-19/h6-7,10,13H,8-9,11-12,14H2,1-5H3. The Morgan fingerprint density at radius 2 is 1.89 bits per heavy atom. The van der Waals surface area contributed by atoms with Gasteiger partial charge in [-0.1, -0.05) is 17.2 Å². The molecule has 182 valence electrons. The van der Waals surface area contributed by atoms with E-state index in [1.54, 1.807) is 12.4 Å². The van der Waals surface area contributed by atoms with Crippen molar-refractivity contribution in [3.05, 3.63) is 64.3 Å². The molecule has 1 fully saturated rings. The Kier molecular flexibility index (Phi) is 5.74. The van der Waals surface area contributed by atoms with Gasteiger partial charge in [-0.2, -0.15) is 10.1 Å². The zero-order valence-corrected chi connectivity index (χ0v) is 20.7. The summed E-state index contributed by atoms with van der Waals surface area (Å²) >= 11 is 0. The summed E-state index contributed by atoms with van der Waals surface area (Å²) in [5.41, 5.74) is 4.83. The molecule has 10 nitrogen and oxygen atoms in total. The lowest BCUT2D eigenvalue weighted by Crippen LogP contribution is -2.44. The summed E-state index contributed by atoms with van der Waals surface area (Å²) in [7, 11) is 0. The molecule has 0 spiro atoms. The van der Waals surface area contributed by atoms with Gasteiger partial charge in [-0.25, -0.2) is 0 Å². The minimum absolute atomic E-state index is 0.124. The fourth-order valence-electron chi connectivity index (χ4n) is 4.49. The number of amides is 1. The highest BCUT2D eigenvalue weighted by molar-refractivity contribution is 5.94. The van der Waals surface area contributed by atoms with E-state index in [0.717, 1.165) is 28.1 Å². The normalized spacial score (nSPS) is 15.5. The van der Waals surface area contributed by atoms with Crippen molar-refractivity contribution in [2.75, 3.05) is 13.1 Å². The molecule has 5 rings (SSSR count). The highest BCUT2D eigenvalue weighted by Crippen LogP contribution is 2.35. The fourth-order valence-corrected chi connectivity index (χ4v) is 4.49. The third kappa shape index (κ3) is 4.13. The largest absolute Gasteiger partial charge is 0.361 e. The Morgan fingerprint density at radius 3 is 2.54 bits per heavy atom. The Balaban J connectivity index is 1.30. The summed E-state index contributed by atoms with van der Waals surface area (Å²) in [5.74, 6) is 1.62. The van der Waals surface area contributed by atoms with Gasteiger partial charge in [-0.3, -0.25) is 14.5 Å². The van der Waals surface area contributed by atoms with E-state index in [2.05, 4.69) is 39.2 Å². The number of hydrogen-bond acceptors (Lipinski definition) is 8. The zero-order valence-electron chi connectivity index (χ0n) is 20.7. The van der Waals surface area contributed by atoms with Crippen molar-refractivity contribution >= 4 is 5.91 Å². The molecule has 0 aromatic carbocycles. The van der Waals surface area contributed by atoms with Gasteiger partial charge in [0, 0.05) is 42.2 Å². The molecule has 0 N–H and O–H groups in total. The van der Waals surface area contributed by atoms with Gasteiger partial charge in [0.1, 0.15) is 5.76 Å². The van der Waals surface area contributed by atoms with E-state index in [-0.39, 0.29) is 11.3 Å². The van der Waals surface area contributed by atoms with Gasteiger partial charge in [-0.05, 0) is 58.2 Å². The lowest BCUT2D eigenvalue weighted by atomic mass is 9.79. The molecule has 0 saturated carbocycles. The maximum Gasteiger partial charge on any atom is 0.276 e. The first kappa shape index (κ1) is 22.9. The average molecular weight is 476 g/mol. The maximum absolute atomic E-state index is 13.4. The number of pyridine rings is 1. The second kappa shape index (κ2) is 8.75. The van der Waals surface area contributed by atoms with E-state index in [0.29, 0.717) is 55.6 Å². The van der Waals surface area contributed by atoms with E-state index in [9.17, 15) is 4.79 Å². The molecule has 4 aromatic heterocycles. The van der Waals surface area contributed by atoms with Crippen molar-refractivity contribution in [1.82, 2.24) is 35.0 Å². The third-order valence-electron chi connectivity index (χ3n) is 7.27. The van der Waals surface area contributed by atoms with Crippen LogP contribution in [0.4, 0.5) is 0 Å². The molecule has 4 aromatic rings. The molecule has 1 amide bonds. The lowest BCUT2D eigenvalue weighted by molar-refractivity contribution is 0.0658. The molecule has 0 radical (unpaired) electrons. The first-order valence-electron chi connectivity index (χ1n) is 11.8. The van der Waals surface area contributed by atoms with Crippen molar-refractivity contribution in [1.29, 1.82) is 0 Å². The molecular formula is C25H29N7O3. The molecular weight excluding hydrogens is 446 g/mol. The molecule has 0 bridgehead atoms. The monoisotopic (exact) mass is 475 g/mol. The van der Waals surface area contributed by atoms with Crippen LogP contribution in [-0.4, -0.2) is 54.0 Å². The number of piperidine rings is 1. The smallest absolute Gasteiger partial charge is 0.276 e. The van der Waals surface area contributed by atoms with Gasteiger partial charge in [0.25, 0.3) is 11.8 Å². The second-order valence-electron chi connectivity index (χ2n) is 9.54. The maximum atomic E-state index is 13.4. The first-order chi connectivity index (χ1) is 16.8. The fraction of sp³-hybridized carbons (Fsp3) is 0.440. The summed E-state index contributed by atoms with van der Waals surface area (Å²) in [4.78, 5) is 24.0. The molecule has 10 heteroatoms. The summed E-state index contributed by atoms with van der Waals surface area (Å²) in [6.45, 7) is 11.6. The van der Waals surface area contributed by atoms with Crippen LogP contribution >= 0.6 is 0 Å². The van der Waals surface area contributed by atoms with Gasteiger partial charge in [0.05, 0.1) is 17.8 Å². The van der Waals surface area contributed by atoms with Crippen molar-refractivity contribution in [2.45, 2.75) is 59.4 Å². The van der Waals surface area contributed by atoms with E-state index < -0.39 is 0 Å². The predicted octanol–water partition coefficient (Wildman–Crippen LogP) is 3.79. The van der Waals surface area contributed by atoms with Gasteiger partial charge in [-0.15, -0.1) is 0 Å². The number of hydrogen-bond donors (Lipinski definition) is 0. The number of likely N-dealkylation sites (tertiary alicyclic amines) is 1. The van der Waals surface area contributed by atoms with Crippen molar-refractivity contribution < 1.29 is 13.8 Å². The van der Waals surface area contributed by atoms with E-state index in [1.807, 2.05) is 42.5 Å². The molecule has 1 aliphatic heterocycles. The van der Waals surface area contributed by atoms with E-state index >= 15 is 0 Å².